The highest BCUT2D eigenvalue weighted by atomic mass is 16.2. The van der Waals surface area contributed by atoms with E-state index < -0.39 is 0 Å². The topological polar surface area (TPSA) is 71.2 Å². The Morgan fingerprint density at radius 3 is 2.85 bits per heavy atom. The first-order chi connectivity index (χ1) is 9.72. The van der Waals surface area contributed by atoms with Gasteiger partial charge in [0.1, 0.15) is 5.82 Å². The number of carbonyl (C=O) groups is 1. The Morgan fingerprint density at radius 2 is 2.05 bits per heavy atom. The van der Waals surface area contributed by atoms with Crippen molar-refractivity contribution in [1.82, 2.24) is 9.88 Å². The molecule has 0 spiro atoms. The summed E-state index contributed by atoms with van der Waals surface area (Å²) in [5.74, 6) is 0.858. The summed E-state index contributed by atoms with van der Waals surface area (Å²) in [6, 6.07) is 9.44. The van der Waals surface area contributed by atoms with Crippen molar-refractivity contribution in [3.8, 4) is 0 Å². The van der Waals surface area contributed by atoms with Crippen molar-refractivity contribution in [3.63, 3.8) is 0 Å². The number of carbonyl (C=O) groups excluding carboxylic acids is 1. The lowest BCUT2D eigenvalue weighted by Crippen LogP contribution is -2.33. The molecule has 5 nitrogen and oxygen atoms in total. The minimum atomic E-state index is 0.140. The van der Waals surface area contributed by atoms with E-state index in [4.69, 9.17) is 5.73 Å². The number of benzene rings is 1. The number of nitrogens with two attached hydrogens (primary N) is 1. The van der Waals surface area contributed by atoms with Crippen LogP contribution in [0.25, 0.3) is 10.9 Å². The standard InChI is InChI=1S/C15H18N4O/c16-12-4-5-13-11(9-12)3-6-14(18-13)17-10-15(20)19-7-1-2-8-19/h3-6,9H,1-2,7-8,10,16H2,(H,17,18). The number of nitrogens with one attached hydrogen (secondary N) is 1. The molecule has 1 fully saturated rings. The SMILES string of the molecule is Nc1ccc2nc(NCC(=O)N3CCCC3)ccc2c1. The molecule has 0 unspecified atom stereocenters. The Kier molecular flexibility index (Phi) is 3.41. The molecule has 2 heterocycles. The van der Waals surface area contributed by atoms with Crippen LogP contribution < -0.4 is 11.1 Å². The molecule has 0 radical (unpaired) electrons. The number of pyridine rings is 1. The van der Waals surface area contributed by atoms with Crippen molar-refractivity contribution >= 4 is 28.3 Å². The first-order valence-corrected chi connectivity index (χ1v) is 6.90. The Balaban J connectivity index is 1.68. The van der Waals surface area contributed by atoms with E-state index in [2.05, 4.69) is 10.3 Å². The van der Waals surface area contributed by atoms with Crippen LogP contribution >= 0.6 is 0 Å². The quantitative estimate of drug-likeness (QED) is 0.835. The minimum Gasteiger partial charge on any atom is -0.399 e. The van der Waals surface area contributed by atoms with Crippen LogP contribution in [-0.2, 0) is 4.79 Å². The third-order valence-corrected chi connectivity index (χ3v) is 3.59. The van der Waals surface area contributed by atoms with Gasteiger partial charge in [-0.2, -0.15) is 0 Å². The van der Waals surface area contributed by atoms with Crippen molar-refractivity contribution < 1.29 is 4.79 Å². The molecule has 0 aliphatic carbocycles. The third-order valence-electron chi connectivity index (χ3n) is 3.59. The smallest absolute Gasteiger partial charge is 0.241 e. The maximum Gasteiger partial charge on any atom is 0.241 e. The summed E-state index contributed by atoms with van der Waals surface area (Å²) in [6.07, 6.45) is 2.22. The highest BCUT2D eigenvalue weighted by Crippen LogP contribution is 2.18. The molecule has 0 bridgehead atoms. The molecule has 1 aromatic heterocycles. The number of aromatic nitrogens is 1. The van der Waals surface area contributed by atoms with Crippen LogP contribution in [0.3, 0.4) is 0 Å². The number of fused-ring (bicyclic) bond motifs is 1. The van der Waals surface area contributed by atoms with E-state index in [0.717, 1.165) is 48.3 Å². The lowest BCUT2D eigenvalue weighted by atomic mass is 10.2. The van der Waals surface area contributed by atoms with Crippen LogP contribution in [0.1, 0.15) is 12.8 Å². The summed E-state index contributed by atoms with van der Waals surface area (Å²) in [7, 11) is 0. The Hall–Kier alpha value is -2.30. The maximum atomic E-state index is 11.9. The van der Waals surface area contributed by atoms with Gasteiger partial charge in [-0.05, 0) is 43.2 Å². The van der Waals surface area contributed by atoms with E-state index in [0.29, 0.717) is 6.54 Å². The summed E-state index contributed by atoms with van der Waals surface area (Å²) in [5.41, 5.74) is 7.34. The van der Waals surface area contributed by atoms with Gasteiger partial charge in [-0.15, -0.1) is 0 Å². The molecule has 0 atom stereocenters. The predicted octanol–water partition coefficient (Wildman–Crippen LogP) is 1.85. The Morgan fingerprint density at radius 1 is 1.25 bits per heavy atom. The van der Waals surface area contributed by atoms with Gasteiger partial charge in [-0.1, -0.05) is 0 Å². The van der Waals surface area contributed by atoms with Gasteiger partial charge in [0.25, 0.3) is 0 Å². The number of anilines is 2. The highest BCUT2D eigenvalue weighted by Gasteiger charge is 2.17. The monoisotopic (exact) mass is 270 g/mol. The second-order valence-corrected chi connectivity index (χ2v) is 5.09. The van der Waals surface area contributed by atoms with Crippen LogP contribution in [-0.4, -0.2) is 35.4 Å². The van der Waals surface area contributed by atoms with Gasteiger partial charge >= 0.3 is 0 Å². The average molecular weight is 270 g/mol. The average Bonchev–Trinajstić information content (AvgIpc) is 2.99. The molecular formula is C15H18N4O. The molecular weight excluding hydrogens is 252 g/mol. The molecule has 3 N–H and O–H groups in total. The number of nitrogens with zero attached hydrogens (tertiary/aromatic N) is 2. The number of hydrogen-bond acceptors (Lipinski definition) is 4. The van der Waals surface area contributed by atoms with E-state index >= 15 is 0 Å². The first kappa shape index (κ1) is 12.7. The third kappa shape index (κ3) is 2.66. The number of nitrogen functional groups attached to an aromatic ring is 1. The fourth-order valence-corrected chi connectivity index (χ4v) is 2.49. The van der Waals surface area contributed by atoms with Crippen molar-refractivity contribution in [2.24, 2.45) is 0 Å². The van der Waals surface area contributed by atoms with Gasteiger partial charge in [0.2, 0.25) is 5.91 Å². The highest BCUT2D eigenvalue weighted by molar-refractivity contribution is 5.84. The molecule has 1 aliphatic heterocycles. The summed E-state index contributed by atoms with van der Waals surface area (Å²) in [5, 5.41) is 4.10. The predicted molar refractivity (Wildman–Crippen MR) is 80.5 cm³/mol. The van der Waals surface area contributed by atoms with Crippen molar-refractivity contribution in [3.05, 3.63) is 30.3 Å². The van der Waals surface area contributed by atoms with Gasteiger partial charge in [-0.25, -0.2) is 4.98 Å². The molecule has 1 aromatic carbocycles. The molecule has 3 rings (SSSR count). The molecule has 0 saturated carbocycles. The fraction of sp³-hybridized carbons (Fsp3) is 0.333. The van der Waals surface area contributed by atoms with E-state index in [1.54, 1.807) is 0 Å². The van der Waals surface area contributed by atoms with Crippen LogP contribution in [0.15, 0.2) is 30.3 Å². The lowest BCUT2D eigenvalue weighted by Gasteiger charge is -2.15. The van der Waals surface area contributed by atoms with E-state index in [-0.39, 0.29) is 5.91 Å². The van der Waals surface area contributed by atoms with Gasteiger partial charge in [-0.3, -0.25) is 4.79 Å². The van der Waals surface area contributed by atoms with Crippen LogP contribution in [0.4, 0.5) is 11.5 Å². The molecule has 104 valence electrons. The second kappa shape index (κ2) is 5.36. The number of hydrogen-bond donors (Lipinski definition) is 2. The van der Waals surface area contributed by atoms with Gasteiger partial charge in [0.05, 0.1) is 12.1 Å². The number of amides is 1. The molecule has 1 aliphatic rings. The van der Waals surface area contributed by atoms with Crippen LogP contribution in [0.5, 0.6) is 0 Å². The molecule has 1 saturated heterocycles. The van der Waals surface area contributed by atoms with Gasteiger partial charge < -0.3 is 16.0 Å². The zero-order valence-corrected chi connectivity index (χ0v) is 11.3. The van der Waals surface area contributed by atoms with Crippen LogP contribution in [0, 0.1) is 0 Å². The minimum absolute atomic E-state index is 0.140. The lowest BCUT2D eigenvalue weighted by molar-refractivity contribution is -0.128. The second-order valence-electron chi connectivity index (χ2n) is 5.09. The molecule has 20 heavy (non-hydrogen) atoms. The van der Waals surface area contributed by atoms with Gasteiger partial charge in [0.15, 0.2) is 0 Å². The maximum absolute atomic E-state index is 11.9. The first-order valence-electron chi connectivity index (χ1n) is 6.90. The number of rotatable bonds is 3. The van der Waals surface area contributed by atoms with Gasteiger partial charge in [0, 0.05) is 24.2 Å². The normalized spacial score (nSPS) is 14.7. The van der Waals surface area contributed by atoms with Crippen molar-refractivity contribution in [2.45, 2.75) is 12.8 Å². The Bertz CT molecular complexity index is 635. The number of likely N-dealkylation sites (tertiary alicyclic amines) is 1. The molecule has 2 aromatic rings. The Labute approximate surface area is 117 Å². The summed E-state index contributed by atoms with van der Waals surface area (Å²) >= 11 is 0. The zero-order chi connectivity index (χ0) is 13.9. The summed E-state index contributed by atoms with van der Waals surface area (Å²) in [4.78, 5) is 18.3. The zero-order valence-electron chi connectivity index (χ0n) is 11.3. The fourth-order valence-electron chi connectivity index (χ4n) is 2.49. The molecule has 5 heteroatoms. The summed E-state index contributed by atoms with van der Waals surface area (Å²) in [6.45, 7) is 2.06. The van der Waals surface area contributed by atoms with E-state index in [1.165, 1.54) is 0 Å². The molecule has 1 amide bonds. The largest absolute Gasteiger partial charge is 0.399 e. The van der Waals surface area contributed by atoms with Crippen molar-refractivity contribution in [2.75, 3.05) is 30.7 Å². The van der Waals surface area contributed by atoms with Crippen LogP contribution in [0.2, 0.25) is 0 Å². The van der Waals surface area contributed by atoms with Crippen molar-refractivity contribution in [1.29, 1.82) is 0 Å². The summed E-state index contributed by atoms with van der Waals surface area (Å²) < 4.78 is 0. The van der Waals surface area contributed by atoms with E-state index in [9.17, 15) is 4.79 Å². The van der Waals surface area contributed by atoms with E-state index in [1.807, 2.05) is 35.2 Å².